The van der Waals surface area contributed by atoms with Gasteiger partial charge in [-0.3, -0.25) is 9.89 Å². The first-order chi connectivity index (χ1) is 7.09. The molecular formula is C7H11N5O3. The van der Waals surface area contributed by atoms with Crippen LogP contribution < -0.4 is 5.32 Å². The molecule has 0 unspecified atom stereocenters. The van der Waals surface area contributed by atoms with Gasteiger partial charge in [0.05, 0.1) is 6.54 Å². The van der Waals surface area contributed by atoms with Crippen molar-refractivity contribution >= 4 is 12.0 Å². The Kier molecular flexibility index (Phi) is 3.61. The van der Waals surface area contributed by atoms with E-state index in [4.69, 9.17) is 5.11 Å². The molecule has 2 amide bonds. The van der Waals surface area contributed by atoms with Crippen LogP contribution in [-0.4, -0.2) is 50.8 Å². The average Bonchev–Trinajstić information content (AvgIpc) is 2.65. The van der Waals surface area contributed by atoms with Gasteiger partial charge in [0.2, 0.25) is 0 Å². The number of urea groups is 1. The van der Waals surface area contributed by atoms with Gasteiger partial charge in [-0.1, -0.05) is 0 Å². The van der Waals surface area contributed by atoms with E-state index in [0.717, 1.165) is 4.90 Å². The molecule has 0 saturated heterocycles. The van der Waals surface area contributed by atoms with Gasteiger partial charge >= 0.3 is 12.0 Å². The number of likely N-dealkylation sites (N-methyl/N-ethyl adjacent to an activating group) is 1. The van der Waals surface area contributed by atoms with Gasteiger partial charge in [-0.25, -0.2) is 9.78 Å². The molecular weight excluding hydrogens is 202 g/mol. The van der Waals surface area contributed by atoms with Crippen molar-refractivity contribution in [3.63, 3.8) is 0 Å². The average molecular weight is 213 g/mol. The van der Waals surface area contributed by atoms with Crippen LogP contribution in [0.1, 0.15) is 5.82 Å². The number of aliphatic carboxylic acids is 1. The smallest absolute Gasteiger partial charge is 0.323 e. The van der Waals surface area contributed by atoms with E-state index in [0.29, 0.717) is 5.82 Å². The molecule has 1 aromatic heterocycles. The third-order valence-electron chi connectivity index (χ3n) is 1.59. The molecule has 0 aliphatic heterocycles. The van der Waals surface area contributed by atoms with E-state index in [1.807, 2.05) is 0 Å². The molecule has 0 aliphatic carbocycles. The first kappa shape index (κ1) is 11.0. The fourth-order valence-corrected chi connectivity index (χ4v) is 0.885. The first-order valence-corrected chi connectivity index (χ1v) is 4.14. The van der Waals surface area contributed by atoms with Crippen LogP contribution in [0.25, 0.3) is 0 Å². The molecule has 3 N–H and O–H groups in total. The van der Waals surface area contributed by atoms with Gasteiger partial charge in [-0.15, -0.1) is 0 Å². The largest absolute Gasteiger partial charge is 0.480 e. The molecule has 82 valence electrons. The number of aromatic nitrogens is 3. The summed E-state index contributed by atoms with van der Waals surface area (Å²) in [7, 11) is 1.39. The summed E-state index contributed by atoms with van der Waals surface area (Å²) in [5.41, 5.74) is 0. The number of hydrogen-bond donors (Lipinski definition) is 3. The minimum absolute atomic E-state index is 0.183. The second kappa shape index (κ2) is 4.94. The number of rotatable bonds is 4. The summed E-state index contributed by atoms with van der Waals surface area (Å²) in [4.78, 5) is 26.4. The molecule has 0 bridgehead atoms. The topological polar surface area (TPSA) is 111 Å². The molecule has 1 rings (SSSR count). The lowest BCUT2D eigenvalue weighted by Crippen LogP contribution is -2.39. The molecule has 1 heterocycles. The lowest BCUT2D eigenvalue weighted by Gasteiger charge is -2.14. The maximum absolute atomic E-state index is 11.3. The Morgan fingerprint density at radius 1 is 1.67 bits per heavy atom. The molecule has 15 heavy (non-hydrogen) atoms. The van der Waals surface area contributed by atoms with Crippen LogP contribution >= 0.6 is 0 Å². The van der Waals surface area contributed by atoms with Crippen molar-refractivity contribution in [3.8, 4) is 0 Å². The van der Waals surface area contributed by atoms with Crippen LogP contribution in [-0.2, 0) is 11.3 Å². The minimum atomic E-state index is -1.06. The van der Waals surface area contributed by atoms with Gasteiger partial charge in [0.1, 0.15) is 18.7 Å². The van der Waals surface area contributed by atoms with Crippen LogP contribution in [0.5, 0.6) is 0 Å². The number of amides is 2. The van der Waals surface area contributed by atoms with Gasteiger partial charge in [0.25, 0.3) is 0 Å². The van der Waals surface area contributed by atoms with E-state index in [2.05, 4.69) is 20.5 Å². The lowest BCUT2D eigenvalue weighted by atomic mass is 10.5. The van der Waals surface area contributed by atoms with Crippen molar-refractivity contribution in [1.82, 2.24) is 25.4 Å². The Morgan fingerprint density at radius 2 is 2.40 bits per heavy atom. The maximum atomic E-state index is 11.3. The number of hydrogen-bond acceptors (Lipinski definition) is 4. The quantitative estimate of drug-likeness (QED) is 0.596. The molecule has 0 spiro atoms. The Labute approximate surface area is 85.3 Å². The molecule has 1 aromatic rings. The van der Waals surface area contributed by atoms with Crippen LogP contribution in [0.3, 0.4) is 0 Å². The fourth-order valence-electron chi connectivity index (χ4n) is 0.885. The zero-order valence-electron chi connectivity index (χ0n) is 8.10. The van der Waals surface area contributed by atoms with Crippen LogP contribution in [0.15, 0.2) is 6.33 Å². The fraction of sp³-hybridized carbons (Fsp3) is 0.429. The number of nitrogens with one attached hydrogen (secondary N) is 2. The summed E-state index contributed by atoms with van der Waals surface area (Å²) in [6.07, 6.45) is 1.32. The maximum Gasteiger partial charge on any atom is 0.323 e. The Hall–Kier alpha value is -2.12. The molecule has 0 radical (unpaired) electrons. The summed E-state index contributed by atoms with van der Waals surface area (Å²) in [5.74, 6) is -0.556. The highest BCUT2D eigenvalue weighted by atomic mass is 16.4. The molecule has 8 nitrogen and oxygen atoms in total. The molecule has 0 saturated carbocycles. The molecule has 0 aromatic carbocycles. The van der Waals surface area contributed by atoms with Crippen molar-refractivity contribution in [1.29, 1.82) is 0 Å². The predicted molar refractivity (Wildman–Crippen MR) is 48.9 cm³/mol. The van der Waals surface area contributed by atoms with E-state index in [9.17, 15) is 9.59 Å². The number of carboxylic acids is 1. The van der Waals surface area contributed by atoms with Crippen LogP contribution in [0.4, 0.5) is 4.79 Å². The number of aromatic amines is 1. The van der Waals surface area contributed by atoms with Crippen LogP contribution in [0, 0.1) is 0 Å². The third-order valence-corrected chi connectivity index (χ3v) is 1.59. The summed E-state index contributed by atoms with van der Waals surface area (Å²) in [6, 6.07) is -0.478. The van der Waals surface area contributed by atoms with Gasteiger partial charge in [-0.2, -0.15) is 5.10 Å². The number of H-pyrrole nitrogens is 1. The van der Waals surface area contributed by atoms with E-state index in [1.54, 1.807) is 0 Å². The standard InChI is InChI=1S/C7H11N5O3/c1-12(3-6(13)14)7(15)8-2-5-9-4-10-11-5/h4H,2-3H2,1H3,(H,8,15)(H,13,14)(H,9,10,11). The highest BCUT2D eigenvalue weighted by molar-refractivity contribution is 5.79. The van der Waals surface area contributed by atoms with E-state index < -0.39 is 12.0 Å². The number of nitrogens with zero attached hydrogens (tertiary/aromatic N) is 3. The Balaban J connectivity index is 2.32. The van der Waals surface area contributed by atoms with E-state index in [1.165, 1.54) is 13.4 Å². The normalized spacial score (nSPS) is 9.67. The van der Waals surface area contributed by atoms with Crippen molar-refractivity contribution < 1.29 is 14.7 Å². The zero-order chi connectivity index (χ0) is 11.3. The summed E-state index contributed by atoms with van der Waals surface area (Å²) >= 11 is 0. The Morgan fingerprint density at radius 3 is 2.93 bits per heavy atom. The molecule has 0 aliphatic rings. The first-order valence-electron chi connectivity index (χ1n) is 4.14. The number of carboxylic acid groups (broad SMARTS) is 1. The predicted octanol–water partition coefficient (Wildman–Crippen LogP) is -0.969. The molecule has 0 fully saturated rings. The number of carbonyl (C=O) groups is 2. The summed E-state index contributed by atoms with van der Waals surface area (Å²) in [5, 5.41) is 17.1. The van der Waals surface area contributed by atoms with Gasteiger partial charge < -0.3 is 15.3 Å². The molecule has 0 atom stereocenters. The van der Waals surface area contributed by atoms with Crippen molar-refractivity contribution in [2.45, 2.75) is 6.54 Å². The van der Waals surface area contributed by atoms with Crippen molar-refractivity contribution in [3.05, 3.63) is 12.2 Å². The van der Waals surface area contributed by atoms with Gasteiger partial charge in [-0.05, 0) is 0 Å². The van der Waals surface area contributed by atoms with E-state index in [-0.39, 0.29) is 13.1 Å². The number of carbonyl (C=O) groups excluding carboxylic acids is 1. The summed E-state index contributed by atoms with van der Waals surface area (Å²) in [6.45, 7) is -0.162. The van der Waals surface area contributed by atoms with Gasteiger partial charge in [0, 0.05) is 7.05 Å². The Bertz CT molecular complexity index is 336. The summed E-state index contributed by atoms with van der Waals surface area (Å²) < 4.78 is 0. The highest BCUT2D eigenvalue weighted by Gasteiger charge is 2.11. The zero-order valence-corrected chi connectivity index (χ0v) is 8.10. The third kappa shape index (κ3) is 3.63. The van der Waals surface area contributed by atoms with Crippen molar-refractivity contribution in [2.24, 2.45) is 0 Å². The monoisotopic (exact) mass is 213 g/mol. The minimum Gasteiger partial charge on any atom is -0.480 e. The highest BCUT2D eigenvalue weighted by Crippen LogP contribution is 1.88. The lowest BCUT2D eigenvalue weighted by molar-refractivity contribution is -0.137. The second-order valence-electron chi connectivity index (χ2n) is 2.84. The van der Waals surface area contributed by atoms with Gasteiger partial charge in [0.15, 0.2) is 0 Å². The molecule has 8 heteroatoms. The second-order valence-corrected chi connectivity index (χ2v) is 2.84. The van der Waals surface area contributed by atoms with E-state index >= 15 is 0 Å². The SMILES string of the molecule is CN(CC(=O)O)C(=O)NCc1ncn[nH]1. The van der Waals surface area contributed by atoms with Crippen molar-refractivity contribution in [2.75, 3.05) is 13.6 Å². The van der Waals surface area contributed by atoms with Crippen LogP contribution in [0.2, 0.25) is 0 Å².